The first-order valence-corrected chi connectivity index (χ1v) is 9.30. The van der Waals surface area contributed by atoms with Gasteiger partial charge in [-0.1, -0.05) is 12.1 Å². The molecule has 1 amide bonds. The average Bonchev–Trinajstić information content (AvgIpc) is 2.74. The van der Waals surface area contributed by atoms with Crippen molar-refractivity contribution >= 4 is 23.1 Å². The summed E-state index contributed by atoms with van der Waals surface area (Å²) in [5.74, 6) is 0.586. The fraction of sp³-hybridized carbons (Fsp3) is 0.174. The highest BCUT2D eigenvalue weighted by atomic mass is 16.5. The number of hydrogen-bond acceptors (Lipinski definition) is 5. The molecule has 6 nitrogen and oxygen atoms in total. The molecule has 0 saturated carbocycles. The lowest BCUT2D eigenvalue weighted by Gasteiger charge is -2.09. The Hall–Kier alpha value is -3.67. The number of Topliss-reactive ketones (excluding diaryl/α,β-unsaturated/α-hetero) is 1. The van der Waals surface area contributed by atoms with Crippen LogP contribution < -0.4 is 15.4 Å². The molecular weight excluding hydrogens is 366 g/mol. The van der Waals surface area contributed by atoms with Crippen molar-refractivity contribution in [2.75, 3.05) is 19.0 Å². The van der Waals surface area contributed by atoms with Crippen LogP contribution in [0.25, 0.3) is 0 Å². The summed E-state index contributed by atoms with van der Waals surface area (Å²) in [6.45, 7) is 2.03. The van der Waals surface area contributed by atoms with Crippen LogP contribution in [0.3, 0.4) is 0 Å². The zero-order valence-corrected chi connectivity index (χ0v) is 16.4. The second-order valence-electron chi connectivity index (χ2n) is 6.55. The molecule has 3 rings (SSSR count). The van der Waals surface area contributed by atoms with Crippen LogP contribution in [0.4, 0.5) is 11.4 Å². The number of methoxy groups -OCH3 is 1. The van der Waals surface area contributed by atoms with Gasteiger partial charge in [-0.05, 0) is 67.4 Å². The first-order chi connectivity index (χ1) is 14.0. The first kappa shape index (κ1) is 20.1. The summed E-state index contributed by atoms with van der Waals surface area (Å²) < 4.78 is 5.21. The summed E-state index contributed by atoms with van der Waals surface area (Å²) in [5.41, 5.74) is 3.64. The lowest BCUT2D eigenvalue weighted by Crippen LogP contribution is -2.26. The molecule has 0 unspecified atom stereocenters. The van der Waals surface area contributed by atoms with Crippen molar-refractivity contribution in [3.05, 3.63) is 83.7 Å². The van der Waals surface area contributed by atoms with E-state index in [2.05, 4.69) is 15.6 Å². The second kappa shape index (κ2) is 9.50. The molecule has 1 heterocycles. The van der Waals surface area contributed by atoms with Gasteiger partial charge in [0.2, 0.25) is 0 Å². The van der Waals surface area contributed by atoms with Crippen molar-refractivity contribution in [2.24, 2.45) is 0 Å². The van der Waals surface area contributed by atoms with Gasteiger partial charge in [-0.25, -0.2) is 0 Å². The van der Waals surface area contributed by atoms with Crippen molar-refractivity contribution in [3.8, 4) is 5.75 Å². The maximum absolute atomic E-state index is 12.4. The van der Waals surface area contributed by atoms with Gasteiger partial charge in [-0.3, -0.25) is 14.6 Å². The Morgan fingerprint density at radius 3 is 2.52 bits per heavy atom. The number of ether oxygens (including phenoxy) is 1. The molecule has 0 spiro atoms. The predicted molar refractivity (Wildman–Crippen MR) is 113 cm³/mol. The lowest BCUT2D eigenvalue weighted by atomic mass is 10.1. The number of nitrogens with zero attached hydrogens (tertiary/aromatic N) is 1. The fourth-order valence-corrected chi connectivity index (χ4v) is 2.83. The molecule has 0 radical (unpaired) electrons. The van der Waals surface area contributed by atoms with Gasteiger partial charge in [0.25, 0.3) is 5.91 Å². The van der Waals surface area contributed by atoms with Crippen molar-refractivity contribution in [1.29, 1.82) is 0 Å². The van der Waals surface area contributed by atoms with Gasteiger partial charge in [0.1, 0.15) is 11.4 Å². The number of anilines is 2. The van der Waals surface area contributed by atoms with E-state index >= 15 is 0 Å². The Labute approximate surface area is 169 Å². The summed E-state index contributed by atoms with van der Waals surface area (Å²) in [5, 5.41) is 6.10. The quantitative estimate of drug-likeness (QED) is 0.569. The van der Waals surface area contributed by atoms with E-state index in [1.807, 2.05) is 36.4 Å². The molecule has 3 aromatic rings. The number of amides is 1. The van der Waals surface area contributed by atoms with Gasteiger partial charge in [0.15, 0.2) is 5.78 Å². The number of benzene rings is 2. The van der Waals surface area contributed by atoms with Crippen LogP contribution in [0.2, 0.25) is 0 Å². The smallest absolute Gasteiger partial charge is 0.269 e. The largest absolute Gasteiger partial charge is 0.497 e. The van der Waals surface area contributed by atoms with Crippen LogP contribution in [0.15, 0.2) is 66.9 Å². The predicted octanol–water partition coefficient (Wildman–Crippen LogP) is 4.01. The van der Waals surface area contributed by atoms with Gasteiger partial charge >= 0.3 is 0 Å². The zero-order valence-electron chi connectivity index (χ0n) is 16.4. The van der Waals surface area contributed by atoms with Crippen LogP contribution >= 0.6 is 0 Å². The highest BCUT2D eigenvalue weighted by Gasteiger charge is 2.08. The molecule has 148 valence electrons. The summed E-state index contributed by atoms with van der Waals surface area (Å²) >= 11 is 0. The molecule has 0 aliphatic heterocycles. The first-order valence-electron chi connectivity index (χ1n) is 9.30. The molecule has 29 heavy (non-hydrogen) atoms. The number of hydrogen-bond donors (Lipinski definition) is 2. The summed E-state index contributed by atoms with van der Waals surface area (Å²) in [6.07, 6.45) is 2.28. The van der Waals surface area contributed by atoms with Gasteiger partial charge in [0.05, 0.1) is 7.11 Å². The fourth-order valence-electron chi connectivity index (χ4n) is 2.83. The third kappa shape index (κ3) is 5.65. The van der Waals surface area contributed by atoms with Crippen molar-refractivity contribution in [2.45, 2.75) is 13.3 Å². The summed E-state index contributed by atoms with van der Waals surface area (Å²) in [6, 6.07) is 18.4. The van der Waals surface area contributed by atoms with E-state index in [9.17, 15) is 9.59 Å². The Morgan fingerprint density at radius 1 is 1.00 bits per heavy atom. The van der Waals surface area contributed by atoms with Crippen molar-refractivity contribution in [1.82, 2.24) is 10.3 Å². The van der Waals surface area contributed by atoms with Crippen LogP contribution in [0.5, 0.6) is 5.75 Å². The molecule has 1 aromatic heterocycles. The molecule has 0 atom stereocenters. The zero-order chi connectivity index (χ0) is 20.6. The van der Waals surface area contributed by atoms with Crippen molar-refractivity contribution in [3.63, 3.8) is 0 Å². The Kier molecular flexibility index (Phi) is 6.58. The molecule has 2 aromatic carbocycles. The monoisotopic (exact) mass is 389 g/mol. The van der Waals surface area contributed by atoms with Crippen LogP contribution in [-0.4, -0.2) is 30.3 Å². The maximum Gasteiger partial charge on any atom is 0.269 e. The summed E-state index contributed by atoms with van der Waals surface area (Å²) in [7, 11) is 1.63. The van der Waals surface area contributed by atoms with Gasteiger partial charge in [0, 0.05) is 29.7 Å². The number of carbonyl (C=O) groups is 2. The Bertz CT molecular complexity index is 1000. The Balaban J connectivity index is 1.57. The normalized spacial score (nSPS) is 10.3. The van der Waals surface area contributed by atoms with E-state index in [0.717, 1.165) is 22.7 Å². The van der Waals surface area contributed by atoms with Crippen LogP contribution in [0.1, 0.15) is 33.3 Å². The molecule has 0 aliphatic carbocycles. The third-order valence-corrected chi connectivity index (χ3v) is 4.41. The number of pyridine rings is 1. The maximum atomic E-state index is 12.4. The number of aromatic nitrogens is 1. The third-order valence-electron chi connectivity index (χ3n) is 4.41. The molecule has 6 heteroatoms. The van der Waals surface area contributed by atoms with Crippen LogP contribution in [0, 0.1) is 0 Å². The summed E-state index contributed by atoms with van der Waals surface area (Å²) in [4.78, 5) is 27.9. The highest BCUT2D eigenvalue weighted by molar-refractivity contribution is 5.94. The minimum Gasteiger partial charge on any atom is -0.497 e. The lowest BCUT2D eigenvalue weighted by molar-refractivity contribution is 0.0948. The minimum absolute atomic E-state index is 0.0216. The average molecular weight is 389 g/mol. The standard InChI is InChI=1S/C23H23N3O3/c1-16(27)18-6-8-19(9-7-18)26-20-11-13-24-22(15-20)23(28)25-12-10-17-4-3-5-21(14-17)29-2/h3-9,11,13-15H,10,12H2,1-2H3,(H,24,26)(H,25,28). The molecule has 0 saturated heterocycles. The molecule has 0 bridgehead atoms. The highest BCUT2D eigenvalue weighted by Crippen LogP contribution is 2.18. The number of rotatable bonds is 8. The van der Waals surface area contributed by atoms with E-state index in [1.54, 1.807) is 37.6 Å². The minimum atomic E-state index is -0.233. The van der Waals surface area contributed by atoms with E-state index in [1.165, 1.54) is 6.92 Å². The molecule has 0 fully saturated rings. The Morgan fingerprint density at radius 2 is 1.79 bits per heavy atom. The topological polar surface area (TPSA) is 80.3 Å². The van der Waals surface area contributed by atoms with Crippen LogP contribution in [-0.2, 0) is 6.42 Å². The molecule has 2 N–H and O–H groups in total. The van der Waals surface area contributed by atoms with E-state index in [0.29, 0.717) is 24.2 Å². The van der Waals surface area contributed by atoms with Gasteiger partial charge in [-0.15, -0.1) is 0 Å². The SMILES string of the molecule is COc1cccc(CCNC(=O)c2cc(Nc3ccc(C(C)=O)cc3)ccn2)c1. The number of ketones is 1. The molecular formula is C23H23N3O3. The van der Waals surface area contributed by atoms with Crippen molar-refractivity contribution < 1.29 is 14.3 Å². The van der Waals surface area contributed by atoms with Gasteiger partial charge < -0.3 is 15.4 Å². The van der Waals surface area contributed by atoms with E-state index < -0.39 is 0 Å². The number of nitrogens with one attached hydrogen (secondary N) is 2. The van der Waals surface area contributed by atoms with E-state index in [-0.39, 0.29) is 11.7 Å². The second-order valence-corrected chi connectivity index (χ2v) is 6.55. The van der Waals surface area contributed by atoms with Gasteiger partial charge in [-0.2, -0.15) is 0 Å². The molecule has 0 aliphatic rings. The van der Waals surface area contributed by atoms with E-state index in [4.69, 9.17) is 4.74 Å². The number of carbonyl (C=O) groups excluding carboxylic acids is 2.